The summed E-state index contributed by atoms with van der Waals surface area (Å²) < 4.78 is 41.5. The smallest absolute Gasteiger partial charge is 0.320 e. The summed E-state index contributed by atoms with van der Waals surface area (Å²) in [6.45, 7) is 3.48. The number of amides is 2. The Morgan fingerprint density at radius 1 is 1.09 bits per heavy atom. The van der Waals surface area contributed by atoms with Crippen LogP contribution in [0.25, 0.3) is 0 Å². The van der Waals surface area contributed by atoms with Gasteiger partial charge in [0.2, 0.25) is 0 Å². The normalized spacial score (nSPS) is 18.8. The Morgan fingerprint density at radius 3 is 2.43 bits per heavy atom. The molecular weight excluding hydrogens is 455 g/mol. The van der Waals surface area contributed by atoms with Gasteiger partial charge in [0, 0.05) is 57.3 Å². The summed E-state index contributed by atoms with van der Waals surface area (Å²) in [5.74, 6) is -0.468. The lowest BCUT2D eigenvalue weighted by Crippen LogP contribution is -2.52. The van der Waals surface area contributed by atoms with Crippen molar-refractivity contribution in [3.05, 3.63) is 71.0 Å². The minimum atomic E-state index is -2.52. The number of likely N-dealkylation sites (N-methyl/N-ethyl adjacent to an activating group) is 1. The predicted molar refractivity (Wildman–Crippen MR) is 130 cm³/mol. The summed E-state index contributed by atoms with van der Waals surface area (Å²) >= 11 is 0. The molecule has 2 aromatic rings. The van der Waals surface area contributed by atoms with E-state index in [1.807, 2.05) is 42.3 Å². The summed E-state index contributed by atoms with van der Waals surface area (Å²) in [5, 5.41) is 5.42. The Balaban J connectivity index is 1.49. The van der Waals surface area contributed by atoms with Crippen molar-refractivity contribution in [2.24, 2.45) is 5.10 Å². The molecule has 1 unspecified atom stereocenters. The van der Waals surface area contributed by atoms with Gasteiger partial charge in [0.1, 0.15) is 11.9 Å². The van der Waals surface area contributed by atoms with Crippen LogP contribution < -0.4 is 0 Å². The van der Waals surface area contributed by atoms with Gasteiger partial charge in [-0.2, -0.15) is 5.10 Å². The van der Waals surface area contributed by atoms with E-state index in [1.165, 1.54) is 18.1 Å². The fourth-order valence-electron chi connectivity index (χ4n) is 4.47. The number of hydrogen-bond donors (Lipinski definition) is 0. The second-order valence-electron chi connectivity index (χ2n) is 9.26. The van der Waals surface area contributed by atoms with Crippen molar-refractivity contribution in [2.75, 3.05) is 46.8 Å². The number of carbonyl (C=O) groups is 1. The SMILES string of the molecule is CN1CCN(C(=O)N(CCc2ccccc2)Cc2ccc(C3=NN(C)C(C(F)F)C3)cc2F)CC1. The number of benzene rings is 2. The molecule has 2 amide bonds. The largest absolute Gasteiger partial charge is 0.322 e. The molecule has 4 rings (SSSR count). The van der Waals surface area contributed by atoms with Gasteiger partial charge in [-0.3, -0.25) is 5.01 Å². The summed E-state index contributed by atoms with van der Waals surface area (Å²) in [6.07, 6.45) is -1.79. The number of rotatable bonds is 7. The molecule has 6 nitrogen and oxygen atoms in total. The summed E-state index contributed by atoms with van der Waals surface area (Å²) in [4.78, 5) is 19.1. The van der Waals surface area contributed by atoms with Crippen molar-refractivity contribution in [1.82, 2.24) is 19.7 Å². The van der Waals surface area contributed by atoms with Crippen LogP contribution in [0.1, 0.15) is 23.1 Å². The number of alkyl halides is 2. The van der Waals surface area contributed by atoms with E-state index in [-0.39, 0.29) is 19.0 Å². The van der Waals surface area contributed by atoms with Crippen molar-refractivity contribution in [2.45, 2.75) is 31.9 Å². The molecular formula is C26H32F3N5O. The number of urea groups is 1. The number of piperazine rings is 1. The monoisotopic (exact) mass is 487 g/mol. The molecule has 2 aliphatic heterocycles. The highest BCUT2D eigenvalue weighted by Gasteiger charge is 2.32. The minimum Gasteiger partial charge on any atom is -0.322 e. The van der Waals surface area contributed by atoms with E-state index in [0.29, 0.717) is 42.9 Å². The number of halogens is 3. The van der Waals surface area contributed by atoms with Crippen LogP contribution in [0.2, 0.25) is 0 Å². The van der Waals surface area contributed by atoms with Crippen LogP contribution in [0.15, 0.2) is 53.6 Å². The molecule has 35 heavy (non-hydrogen) atoms. The third-order valence-electron chi connectivity index (χ3n) is 6.76. The van der Waals surface area contributed by atoms with Crippen LogP contribution in [0.3, 0.4) is 0 Å². The summed E-state index contributed by atoms with van der Waals surface area (Å²) in [5.41, 5.74) is 2.43. The fraction of sp³-hybridized carbons (Fsp3) is 0.462. The first kappa shape index (κ1) is 25.0. The Kier molecular flexibility index (Phi) is 7.95. The first-order chi connectivity index (χ1) is 16.8. The highest BCUT2D eigenvalue weighted by Crippen LogP contribution is 2.25. The third-order valence-corrected chi connectivity index (χ3v) is 6.76. The number of nitrogens with zero attached hydrogens (tertiary/aromatic N) is 5. The molecule has 2 aromatic carbocycles. The lowest BCUT2D eigenvalue weighted by molar-refractivity contribution is 0.0518. The first-order valence-corrected chi connectivity index (χ1v) is 12.0. The Labute approximate surface area is 204 Å². The average molecular weight is 488 g/mol. The van der Waals surface area contributed by atoms with Gasteiger partial charge in [-0.15, -0.1) is 0 Å². The second kappa shape index (κ2) is 11.1. The van der Waals surface area contributed by atoms with Crippen molar-refractivity contribution in [1.29, 1.82) is 0 Å². The van der Waals surface area contributed by atoms with Gasteiger partial charge >= 0.3 is 6.03 Å². The van der Waals surface area contributed by atoms with Crippen LogP contribution in [-0.4, -0.2) is 90.7 Å². The zero-order chi connectivity index (χ0) is 24.9. The second-order valence-corrected chi connectivity index (χ2v) is 9.26. The zero-order valence-electron chi connectivity index (χ0n) is 20.2. The minimum absolute atomic E-state index is 0.0675. The van der Waals surface area contributed by atoms with Gasteiger partial charge in [-0.1, -0.05) is 42.5 Å². The molecule has 1 fully saturated rings. The van der Waals surface area contributed by atoms with E-state index >= 15 is 4.39 Å². The fourth-order valence-corrected chi connectivity index (χ4v) is 4.47. The first-order valence-electron chi connectivity index (χ1n) is 12.0. The third kappa shape index (κ3) is 6.14. The topological polar surface area (TPSA) is 42.4 Å². The standard InChI is InChI=1S/C26H32F3N5O/c1-31-12-14-33(15-13-31)26(35)34(11-10-19-6-4-3-5-7-19)18-21-9-8-20(16-22(21)27)23-17-24(25(28)29)32(2)30-23/h3-9,16,24-25H,10-15,17-18H2,1-2H3. The van der Waals surface area contributed by atoms with E-state index in [2.05, 4.69) is 10.0 Å². The molecule has 0 radical (unpaired) electrons. The molecule has 0 bridgehead atoms. The Hall–Kier alpha value is -3.07. The number of hydrazone groups is 1. The van der Waals surface area contributed by atoms with Gasteiger partial charge in [0.05, 0.1) is 12.3 Å². The highest BCUT2D eigenvalue weighted by molar-refractivity contribution is 6.01. The molecule has 0 saturated carbocycles. The lowest BCUT2D eigenvalue weighted by atomic mass is 10.0. The number of hydrogen-bond acceptors (Lipinski definition) is 4. The van der Waals surface area contributed by atoms with Crippen LogP contribution in [-0.2, 0) is 13.0 Å². The lowest BCUT2D eigenvalue weighted by Gasteiger charge is -2.36. The van der Waals surface area contributed by atoms with Crippen molar-refractivity contribution in [3.63, 3.8) is 0 Å². The van der Waals surface area contributed by atoms with Crippen molar-refractivity contribution in [3.8, 4) is 0 Å². The molecule has 188 valence electrons. The predicted octanol–water partition coefficient (Wildman–Crippen LogP) is 3.91. The van der Waals surface area contributed by atoms with Crippen LogP contribution in [0.5, 0.6) is 0 Å². The van der Waals surface area contributed by atoms with Gasteiger partial charge in [-0.05, 0) is 25.1 Å². The van der Waals surface area contributed by atoms with Crippen LogP contribution in [0, 0.1) is 5.82 Å². The van der Waals surface area contributed by atoms with E-state index in [4.69, 9.17) is 0 Å². The molecule has 0 spiro atoms. The van der Waals surface area contributed by atoms with E-state index in [1.54, 1.807) is 17.0 Å². The number of carbonyl (C=O) groups excluding carboxylic acids is 1. The molecule has 1 saturated heterocycles. The van der Waals surface area contributed by atoms with E-state index in [0.717, 1.165) is 18.7 Å². The summed E-state index contributed by atoms with van der Waals surface area (Å²) in [6, 6.07) is 13.5. The molecule has 0 aliphatic carbocycles. The maximum absolute atomic E-state index is 15.2. The van der Waals surface area contributed by atoms with Crippen molar-refractivity contribution < 1.29 is 18.0 Å². The molecule has 1 atom stereocenters. The molecule has 2 aliphatic rings. The Morgan fingerprint density at radius 2 is 1.80 bits per heavy atom. The Bertz CT molecular complexity index is 1040. The summed E-state index contributed by atoms with van der Waals surface area (Å²) in [7, 11) is 3.53. The van der Waals surface area contributed by atoms with Gasteiger partial charge in [0.15, 0.2) is 0 Å². The molecule has 2 heterocycles. The van der Waals surface area contributed by atoms with Crippen LogP contribution in [0.4, 0.5) is 18.0 Å². The van der Waals surface area contributed by atoms with Crippen molar-refractivity contribution >= 4 is 11.7 Å². The van der Waals surface area contributed by atoms with E-state index < -0.39 is 18.3 Å². The maximum atomic E-state index is 15.2. The molecule has 9 heteroatoms. The van der Waals surface area contributed by atoms with Gasteiger partial charge in [0.25, 0.3) is 6.43 Å². The molecule has 0 aromatic heterocycles. The average Bonchev–Trinajstić information content (AvgIpc) is 3.25. The molecule has 0 N–H and O–H groups in total. The highest BCUT2D eigenvalue weighted by atomic mass is 19.3. The van der Waals surface area contributed by atoms with Gasteiger partial charge < -0.3 is 14.7 Å². The zero-order valence-corrected chi connectivity index (χ0v) is 20.2. The van der Waals surface area contributed by atoms with E-state index in [9.17, 15) is 13.6 Å². The van der Waals surface area contributed by atoms with Gasteiger partial charge in [-0.25, -0.2) is 18.0 Å². The van der Waals surface area contributed by atoms with Crippen LogP contribution >= 0.6 is 0 Å². The maximum Gasteiger partial charge on any atom is 0.320 e. The quantitative estimate of drug-likeness (QED) is 0.595.